The summed E-state index contributed by atoms with van der Waals surface area (Å²) in [6.07, 6.45) is 2.07. The minimum Gasteiger partial charge on any atom is -0.290 e. The van der Waals surface area contributed by atoms with E-state index in [1.165, 1.54) is 11.1 Å². The number of carbonyl (C=O) groups is 1. The zero-order valence-electron chi connectivity index (χ0n) is 11.7. The van der Waals surface area contributed by atoms with E-state index in [1.54, 1.807) is 0 Å². The fraction of sp³-hybridized carbons (Fsp3) is 0.235. The number of nitrogens with two attached hydrogens (primary N) is 1. The summed E-state index contributed by atoms with van der Waals surface area (Å²) < 4.78 is 0. The molecule has 0 saturated heterocycles. The first-order valence-electron chi connectivity index (χ1n) is 6.89. The highest BCUT2D eigenvalue weighted by Crippen LogP contribution is 2.24. The van der Waals surface area contributed by atoms with Crippen molar-refractivity contribution in [3.63, 3.8) is 0 Å². The molecule has 0 bridgehead atoms. The molecule has 2 rings (SSSR count). The lowest BCUT2D eigenvalue weighted by Gasteiger charge is -2.15. The van der Waals surface area contributed by atoms with Crippen molar-refractivity contribution in [2.45, 2.75) is 25.7 Å². The quantitative estimate of drug-likeness (QED) is 0.497. The molecule has 0 heterocycles. The van der Waals surface area contributed by atoms with Crippen molar-refractivity contribution in [1.29, 1.82) is 0 Å². The van der Waals surface area contributed by atoms with Gasteiger partial charge in [0.2, 0.25) is 0 Å². The van der Waals surface area contributed by atoms with Gasteiger partial charge in [-0.05, 0) is 42.0 Å². The maximum Gasteiger partial charge on any atom is 0.265 e. The maximum absolute atomic E-state index is 11.4. The summed E-state index contributed by atoms with van der Waals surface area (Å²) >= 11 is 0. The minimum absolute atomic E-state index is 0.258. The standard InChI is InChI=1S/C17H20N2O/c1-2-14(15-6-4-3-5-7-15)12-13-8-10-16(11-9-13)17(20)19-18/h3-11,14H,2,12,18H2,1H3,(H,19,20). The fourth-order valence-corrected chi connectivity index (χ4v) is 2.38. The number of nitrogen functional groups attached to an aromatic ring is 1. The Bertz CT molecular complexity index is 549. The van der Waals surface area contributed by atoms with Gasteiger partial charge in [0.05, 0.1) is 0 Å². The highest BCUT2D eigenvalue weighted by atomic mass is 16.2. The van der Waals surface area contributed by atoms with E-state index in [-0.39, 0.29) is 5.91 Å². The van der Waals surface area contributed by atoms with E-state index in [9.17, 15) is 4.79 Å². The van der Waals surface area contributed by atoms with Crippen molar-refractivity contribution in [3.05, 3.63) is 71.3 Å². The van der Waals surface area contributed by atoms with E-state index in [1.807, 2.05) is 30.3 Å². The van der Waals surface area contributed by atoms with Crippen molar-refractivity contribution in [2.24, 2.45) is 5.84 Å². The van der Waals surface area contributed by atoms with E-state index in [4.69, 9.17) is 5.84 Å². The van der Waals surface area contributed by atoms with E-state index in [0.29, 0.717) is 11.5 Å². The van der Waals surface area contributed by atoms with Gasteiger partial charge in [0.1, 0.15) is 0 Å². The van der Waals surface area contributed by atoms with Crippen LogP contribution < -0.4 is 11.3 Å². The second-order valence-corrected chi connectivity index (χ2v) is 4.89. The van der Waals surface area contributed by atoms with Gasteiger partial charge in [0.15, 0.2) is 0 Å². The summed E-state index contributed by atoms with van der Waals surface area (Å²) in [6, 6.07) is 18.2. The summed E-state index contributed by atoms with van der Waals surface area (Å²) in [7, 11) is 0. The lowest BCUT2D eigenvalue weighted by atomic mass is 9.90. The van der Waals surface area contributed by atoms with Crippen molar-refractivity contribution in [3.8, 4) is 0 Å². The van der Waals surface area contributed by atoms with E-state index < -0.39 is 0 Å². The molecule has 3 N–H and O–H groups in total. The number of rotatable bonds is 5. The Balaban J connectivity index is 2.10. The van der Waals surface area contributed by atoms with Gasteiger partial charge < -0.3 is 0 Å². The number of hydrogen-bond donors (Lipinski definition) is 2. The van der Waals surface area contributed by atoms with Crippen LogP contribution in [0.2, 0.25) is 0 Å². The van der Waals surface area contributed by atoms with Crippen LogP contribution in [0.3, 0.4) is 0 Å². The van der Waals surface area contributed by atoms with Crippen LogP contribution in [0.15, 0.2) is 54.6 Å². The van der Waals surface area contributed by atoms with Crippen LogP contribution >= 0.6 is 0 Å². The number of hydrazine groups is 1. The molecule has 20 heavy (non-hydrogen) atoms. The molecule has 2 aromatic carbocycles. The van der Waals surface area contributed by atoms with Crippen molar-refractivity contribution < 1.29 is 4.79 Å². The third kappa shape index (κ3) is 3.45. The molecule has 1 unspecified atom stereocenters. The van der Waals surface area contributed by atoms with Gasteiger partial charge in [-0.15, -0.1) is 0 Å². The predicted molar refractivity (Wildman–Crippen MR) is 81.3 cm³/mol. The Hall–Kier alpha value is -2.13. The largest absolute Gasteiger partial charge is 0.290 e. The molecule has 0 aliphatic heterocycles. The molecular weight excluding hydrogens is 248 g/mol. The fourth-order valence-electron chi connectivity index (χ4n) is 2.38. The molecule has 104 valence electrons. The molecule has 3 nitrogen and oxygen atoms in total. The SMILES string of the molecule is CCC(Cc1ccc(C(=O)NN)cc1)c1ccccc1. The van der Waals surface area contributed by atoms with Gasteiger partial charge in [-0.25, -0.2) is 5.84 Å². The number of nitrogens with one attached hydrogen (secondary N) is 1. The molecule has 3 heteroatoms. The first kappa shape index (κ1) is 14.3. The summed E-state index contributed by atoms with van der Waals surface area (Å²) in [5.41, 5.74) is 5.32. The average molecular weight is 268 g/mol. The van der Waals surface area contributed by atoms with Gasteiger partial charge in [-0.3, -0.25) is 10.2 Å². The molecule has 0 aliphatic carbocycles. The summed E-state index contributed by atoms with van der Waals surface area (Å²) in [5.74, 6) is 5.37. The molecule has 1 atom stereocenters. The summed E-state index contributed by atoms with van der Waals surface area (Å²) in [6.45, 7) is 2.20. The number of amides is 1. The number of carbonyl (C=O) groups excluding carboxylic acids is 1. The Morgan fingerprint density at radius 1 is 1.10 bits per heavy atom. The Kier molecular flexibility index (Phi) is 4.91. The highest BCUT2D eigenvalue weighted by Gasteiger charge is 2.10. The smallest absolute Gasteiger partial charge is 0.265 e. The first-order chi connectivity index (χ1) is 9.74. The Morgan fingerprint density at radius 3 is 2.30 bits per heavy atom. The van der Waals surface area contributed by atoms with Crippen LogP contribution in [0, 0.1) is 0 Å². The Labute approximate surface area is 119 Å². The van der Waals surface area contributed by atoms with Gasteiger partial charge in [0.25, 0.3) is 5.91 Å². The molecule has 0 radical (unpaired) electrons. The van der Waals surface area contributed by atoms with E-state index in [0.717, 1.165) is 12.8 Å². The molecule has 0 saturated carbocycles. The number of benzene rings is 2. The molecular formula is C17H20N2O. The molecule has 0 spiro atoms. The lowest BCUT2D eigenvalue weighted by molar-refractivity contribution is 0.0953. The van der Waals surface area contributed by atoms with Crippen LogP contribution in [0.25, 0.3) is 0 Å². The molecule has 0 aliphatic rings. The van der Waals surface area contributed by atoms with Gasteiger partial charge in [0, 0.05) is 5.56 Å². The third-order valence-electron chi connectivity index (χ3n) is 3.59. The van der Waals surface area contributed by atoms with Gasteiger partial charge >= 0.3 is 0 Å². The zero-order chi connectivity index (χ0) is 14.4. The zero-order valence-corrected chi connectivity index (χ0v) is 11.7. The van der Waals surface area contributed by atoms with Crippen molar-refractivity contribution in [2.75, 3.05) is 0 Å². The normalized spacial score (nSPS) is 11.9. The molecule has 2 aromatic rings. The van der Waals surface area contributed by atoms with Gasteiger partial charge in [-0.1, -0.05) is 49.4 Å². The van der Waals surface area contributed by atoms with Crippen LogP contribution in [-0.2, 0) is 6.42 Å². The Morgan fingerprint density at radius 2 is 1.75 bits per heavy atom. The van der Waals surface area contributed by atoms with E-state index in [2.05, 4.69) is 36.6 Å². The minimum atomic E-state index is -0.258. The predicted octanol–water partition coefficient (Wildman–Crippen LogP) is 3.03. The highest BCUT2D eigenvalue weighted by molar-refractivity contribution is 5.93. The summed E-state index contributed by atoms with van der Waals surface area (Å²) in [5, 5.41) is 0. The maximum atomic E-state index is 11.4. The second kappa shape index (κ2) is 6.87. The first-order valence-corrected chi connectivity index (χ1v) is 6.89. The van der Waals surface area contributed by atoms with E-state index >= 15 is 0 Å². The third-order valence-corrected chi connectivity index (χ3v) is 3.59. The monoisotopic (exact) mass is 268 g/mol. The average Bonchev–Trinajstić information content (AvgIpc) is 2.53. The van der Waals surface area contributed by atoms with Crippen LogP contribution in [0.4, 0.5) is 0 Å². The number of hydrogen-bond acceptors (Lipinski definition) is 2. The van der Waals surface area contributed by atoms with Crippen LogP contribution in [0.1, 0.15) is 40.7 Å². The molecule has 1 amide bonds. The molecule has 0 aromatic heterocycles. The van der Waals surface area contributed by atoms with Crippen LogP contribution in [-0.4, -0.2) is 5.91 Å². The van der Waals surface area contributed by atoms with Gasteiger partial charge in [-0.2, -0.15) is 0 Å². The second-order valence-electron chi connectivity index (χ2n) is 4.89. The molecule has 0 fully saturated rings. The van der Waals surface area contributed by atoms with Crippen LogP contribution in [0.5, 0.6) is 0 Å². The van der Waals surface area contributed by atoms with Crippen molar-refractivity contribution in [1.82, 2.24) is 5.43 Å². The summed E-state index contributed by atoms with van der Waals surface area (Å²) in [4.78, 5) is 11.4. The van der Waals surface area contributed by atoms with Crippen molar-refractivity contribution >= 4 is 5.91 Å². The topological polar surface area (TPSA) is 55.1 Å². The lowest BCUT2D eigenvalue weighted by Crippen LogP contribution is -2.29.